The average molecular weight is 780 g/mol. The Balaban J connectivity index is 1.24. The van der Waals surface area contributed by atoms with Gasteiger partial charge in [0.15, 0.2) is 0 Å². The maximum atomic E-state index is 14.8. The Morgan fingerprint density at radius 1 is 1.11 bits per heavy atom. The summed E-state index contributed by atoms with van der Waals surface area (Å²) in [6.07, 6.45) is 9.46. The zero-order valence-corrected chi connectivity index (χ0v) is 32.8. The van der Waals surface area contributed by atoms with Crippen molar-refractivity contribution in [3.8, 4) is 11.6 Å². The highest BCUT2D eigenvalue weighted by molar-refractivity contribution is 7.91. The molecule has 3 saturated carbocycles. The van der Waals surface area contributed by atoms with Gasteiger partial charge in [0.25, 0.3) is 5.91 Å². The quantitative estimate of drug-likeness (QED) is 0.327. The first kappa shape index (κ1) is 38.9. The molecule has 1 aromatic carbocycles. The minimum Gasteiger partial charge on any atom is -0.496 e. The second-order valence-electron chi connectivity index (χ2n) is 16.8. The molecule has 5 aliphatic rings. The number of nitrogens with one attached hydrogen (secondary N) is 3. The average Bonchev–Trinajstić information content (AvgIpc) is 4.09. The van der Waals surface area contributed by atoms with Crippen LogP contribution in [-0.2, 0) is 35.6 Å². The molecule has 1 aromatic heterocycles. The van der Waals surface area contributed by atoms with Gasteiger partial charge in [-0.05, 0) is 91.8 Å². The summed E-state index contributed by atoms with van der Waals surface area (Å²) < 4.78 is 45.8. The van der Waals surface area contributed by atoms with Crippen molar-refractivity contribution in [2.45, 2.75) is 120 Å². The van der Waals surface area contributed by atoms with Crippen LogP contribution in [0.2, 0.25) is 0 Å². The topological polar surface area (TPSA) is 182 Å². The molecule has 4 amide bonds. The van der Waals surface area contributed by atoms with Crippen LogP contribution >= 0.6 is 0 Å². The van der Waals surface area contributed by atoms with Crippen molar-refractivity contribution in [1.82, 2.24) is 25.2 Å². The summed E-state index contributed by atoms with van der Waals surface area (Å²) in [5.41, 5.74) is -0.928. The fourth-order valence-electron chi connectivity index (χ4n) is 8.54. The van der Waals surface area contributed by atoms with Gasteiger partial charge in [0, 0.05) is 23.9 Å². The summed E-state index contributed by atoms with van der Waals surface area (Å²) in [5.74, 6) is -1.50. The first-order chi connectivity index (χ1) is 26.2. The van der Waals surface area contributed by atoms with Gasteiger partial charge in [-0.1, -0.05) is 39.2 Å². The summed E-state index contributed by atoms with van der Waals surface area (Å²) in [7, 11) is -2.26. The summed E-state index contributed by atoms with van der Waals surface area (Å²) in [6, 6.07) is 3.77. The van der Waals surface area contributed by atoms with E-state index in [4.69, 9.17) is 14.2 Å². The van der Waals surface area contributed by atoms with Gasteiger partial charge in [0.1, 0.15) is 29.5 Å². The van der Waals surface area contributed by atoms with Crippen LogP contribution in [0.5, 0.6) is 11.6 Å². The standard InChI is InChI=1S/C40H53N5O9S/c1-5-27-21-40(27,37(48)44-55(50,51)29-13-14-29)43-34(46)31-20-28-22-45(31)36(47)33(24-10-7-6-8-11-24)42-38(49)53-23-39(2,3)16-9-12-26-18-30-25(19-32(26)52-4)15-17-41-35(30)54-28/h5,15,17-19,24,27-29,31,33H,1,6-14,16,20-23H2,2-4H3,(H,42,49)(H,43,46)(H,44,48)/t27-,28+,31-,33-,40-/m0/s1. The van der Waals surface area contributed by atoms with Gasteiger partial charge in [-0.15, -0.1) is 6.58 Å². The third kappa shape index (κ3) is 8.27. The van der Waals surface area contributed by atoms with E-state index >= 15 is 0 Å². The SMILES string of the molecule is C=C[C@H]1C[C@@]1(NC(=O)[C@@H]1C[C@@H]2CN1C(=O)[C@H](C1CCCCC1)NC(=O)OCC(C)(C)CCCc1cc3c(nccc3cc1OC)O2)C(=O)NS(=O)(=O)C1CC1. The summed E-state index contributed by atoms with van der Waals surface area (Å²) >= 11 is 0. The van der Waals surface area contributed by atoms with Crippen molar-refractivity contribution in [2.75, 3.05) is 20.3 Å². The van der Waals surface area contributed by atoms with Crippen molar-refractivity contribution >= 4 is 44.6 Å². The van der Waals surface area contributed by atoms with Crippen LogP contribution in [0, 0.1) is 17.3 Å². The maximum absolute atomic E-state index is 14.8. The molecule has 3 aliphatic carbocycles. The number of sulfonamides is 1. The number of nitrogens with zero attached hydrogens (tertiary/aromatic N) is 2. The van der Waals surface area contributed by atoms with Gasteiger partial charge in [-0.3, -0.25) is 19.1 Å². The van der Waals surface area contributed by atoms with Crippen LogP contribution in [-0.4, -0.2) is 91.4 Å². The molecule has 0 spiro atoms. The molecule has 4 bridgehead atoms. The van der Waals surface area contributed by atoms with Gasteiger partial charge in [0.05, 0.1) is 25.5 Å². The normalized spacial score (nSPS) is 28.9. The third-order valence-corrected chi connectivity index (χ3v) is 13.9. The van der Waals surface area contributed by atoms with Crippen LogP contribution in [0.4, 0.5) is 4.79 Å². The monoisotopic (exact) mass is 779 g/mol. The van der Waals surface area contributed by atoms with Crippen molar-refractivity contribution in [3.05, 3.63) is 42.6 Å². The molecule has 3 N–H and O–H groups in total. The van der Waals surface area contributed by atoms with E-state index in [9.17, 15) is 27.6 Å². The van der Waals surface area contributed by atoms with Gasteiger partial charge in [-0.2, -0.15) is 0 Å². The predicted molar refractivity (Wildman–Crippen MR) is 204 cm³/mol. The number of cyclic esters (lactones) is 1. The molecule has 1 saturated heterocycles. The van der Waals surface area contributed by atoms with Crippen molar-refractivity contribution in [3.63, 3.8) is 0 Å². The molecule has 2 aliphatic heterocycles. The minimum atomic E-state index is -3.89. The number of benzene rings is 1. The van der Waals surface area contributed by atoms with Crippen molar-refractivity contribution < 1.29 is 41.8 Å². The van der Waals surface area contributed by atoms with Crippen LogP contribution in [0.25, 0.3) is 10.8 Å². The highest BCUT2D eigenvalue weighted by atomic mass is 32.2. The summed E-state index contributed by atoms with van der Waals surface area (Å²) in [6.45, 7) is 8.02. The van der Waals surface area contributed by atoms with Crippen molar-refractivity contribution in [1.29, 1.82) is 0 Å². The number of pyridine rings is 1. The van der Waals surface area contributed by atoms with Crippen LogP contribution in [0.15, 0.2) is 37.1 Å². The second-order valence-corrected chi connectivity index (χ2v) is 18.7. The van der Waals surface area contributed by atoms with Gasteiger partial charge in [0.2, 0.25) is 27.7 Å². The molecule has 4 fully saturated rings. The number of aromatic nitrogens is 1. The Kier molecular flexibility index (Phi) is 10.8. The van der Waals surface area contributed by atoms with E-state index in [0.29, 0.717) is 25.1 Å². The fourth-order valence-corrected chi connectivity index (χ4v) is 9.90. The Hall–Kier alpha value is -4.40. The number of carbonyl (C=O) groups excluding carboxylic acids is 4. The van der Waals surface area contributed by atoms with E-state index in [1.165, 1.54) is 11.0 Å². The lowest BCUT2D eigenvalue weighted by molar-refractivity contribution is -0.142. The third-order valence-electron chi connectivity index (χ3n) is 12.1. The van der Waals surface area contributed by atoms with E-state index < -0.39 is 68.7 Å². The number of alkyl carbamates (subject to hydrolysis) is 1. The zero-order chi connectivity index (χ0) is 39.1. The second kappa shape index (κ2) is 15.3. The molecule has 298 valence electrons. The van der Waals surface area contributed by atoms with E-state index in [1.807, 2.05) is 32.0 Å². The molecule has 14 nitrogen and oxygen atoms in total. The highest BCUT2D eigenvalue weighted by Gasteiger charge is 2.62. The number of methoxy groups -OCH3 is 1. The lowest BCUT2D eigenvalue weighted by Gasteiger charge is -2.35. The molecular weight excluding hydrogens is 727 g/mol. The maximum Gasteiger partial charge on any atom is 0.407 e. The highest BCUT2D eigenvalue weighted by Crippen LogP contribution is 2.46. The lowest BCUT2D eigenvalue weighted by atomic mass is 9.83. The number of hydrogen-bond donors (Lipinski definition) is 3. The number of rotatable bonds is 8. The molecule has 0 unspecified atom stereocenters. The number of fused-ring (bicyclic) bond motifs is 3. The van der Waals surface area contributed by atoms with E-state index in [0.717, 1.165) is 67.0 Å². The minimum absolute atomic E-state index is 0.00508. The van der Waals surface area contributed by atoms with E-state index in [2.05, 4.69) is 26.9 Å². The van der Waals surface area contributed by atoms with Crippen LogP contribution in [0.1, 0.15) is 90.0 Å². The first-order valence-corrected chi connectivity index (χ1v) is 21.1. The predicted octanol–water partition coefficient (Wildman–Crippen LogP) is 4.30. The Bertz CT molecular complexity index is 1960. The van der Waals surface area contributed by atoms with Gasteiger partial charge >= 0.3 is 6.09 Å². The Labute approximate surface area is 322 Å². The summed E-state index contributed by atoms with van der Waals surface area (Å²) in [5, 5.41) is 6.72. The number of ether oxygens (including phenoxy) is 3. The fraction of sp³-hybridized carbons (Fsp3) is 0.625. The van der Waals surface area contributed by atoms with Crippen LogP contribution in [0.3, 0.4) is 0 Å². The van der Waals surface area contributed by atoms with Gasteiger partial charge < -0.3 is 29.7 Å². The Morgan fingerprint density at radius 3 is 2.56 bits per heavy atom. The van der Waals surface area contributed by atoms with Crippen LogP contribution < -0.4 is 24.8 Å². The molecule has 3 heterocycles. The lowest BCUT2D eigenvalue weighted by Crippen LogP contribution is -2.59. The summed E-state index contributed by atoms with van der Waals surface area (Å²) in [4.78, 5) is 62.3. The van der Waals surface area contributed by atoms with Gasteiger partial charge in [-0.25, -0.2) is 18.2 Å². The first-order valence-electron chi connectivity index (χ1n) is 19.6. The molecule has 5 atom stereocenters. The number of amides is 4. The number of carbonyl (C=O) groups is 4. The smallest absolute Gasteiger partial charge is 0.407 e. The molecule has 7 rings (SSSR count). The zero-order valence-electron chi connectivity index (χ0n) is 31.9. The number of aryl methyl sites for hydroxylation is 1. The van der Waals surface area contributed by atoms with E-state index in [-0.39, 0.29) is 37.3 Å². The van der Waals surface area contributed by atoms with E-state index in [1.54, 1.807) is 13.3 Å². The van der Waals surface area contributed by atoms with Crippen molar-refractivity contribution in [2.24, 2.45) is 17.3 Å². The molecule has 55 heavy (non-hydrogen) atoms. The molecule has 0 radical (unpaired) electrons. The molecule has 15 heteroatoms. The molecule has 2 aromatic rings. The Morgan fingerprint density at radius 2 is 1.87 bits per heavy atom. The number of hydrogen-bond acceptors (Lipinski definition) is 10. The largest absolute Gasteiger partial charge is 0.496 e. The molecular formula is C40H53N5O9S.